The molecule has 2 heterocycles. The van der Waals surface area contributed by atoms with Gasteiger partial charge in [0.2, 0.25) is 0 Å². The van der Waals surface area contributed by atoms with Gasteiger partial charge in [0.15, 0.2) is 5.37 Å². The molecule has 0 radical (unpaired) electrons. The third-order valence-corrected chi connectivity index (χ3v) is 5.32. The highest BCUT2D eigenvalue weighted by molar-refractivity contribution is 8.03. The van der Waals surface area contributed by atoms with Gasteiger partial charge in [-0.1, -0.05) is 59.8 Å². The molecule has 0 spiro atoms. The summed E-state index contributed by atoms with van der Waals surface area (Å²) in [5, 5.41) is 5.19. The van der Waals surface area contributed by atoms with Crippen molar-refractivity contribution in [3.8, 4) is 0 Å². The van der Waals surface area contributed by atoms with Crippen LogP contribution in [0, 0.1) is 12.8 Å². The Balaban J connectivity index is 1.65. The molecule has 0 saturated carbocycles. The van der Waals surface area contributed by atoms with Crippen LogP contribution in [0.1, 0.15) is 16.7 Å². The molecule has 3 nitrogen and oxygen atoms in total. The van der Waals surface area contributed by atoms with Gasteiger partial charge >= 0.3 is 5.91 Å². The van der Waals surface area contributed by atoms with Gasteiger partial charge in [-0.3, -0.25) is 4.99 Å². The number of hydrogen-bond donors (Lipinski definition) is 2. The van der Waals surface area contributed by atoms with E-state index in [0.717, 1.165) is 22.5 Å². The van der Waals surface area contributed by atoms with Gasteiger partial charge in [0, 0.05) is 0 Å². The maximum absolute atomic E-state index is 12.7. The zero-order chi connectivity index (χ0) is 15.8. The van der Waals surface area contributed by atoms with Crippen LogP contribution < -0.4 is 10.3 Å². The molecule has 2 aromatic carbocycles. The second kappa shape index (κ2) is 5.70. The van der Waals surface area contributed by atoms with Crippen LogP contribution in [0.15, 0.2) is 60.0 Å². The summed E-state index contributed by atoms with van der Waals surface area (Å²) in [5.74, 6) is 0.701. The molecule has 114 valence electrons. The third-order valence-electron chi connectivity index (χ3n) is 4.24. The highest BCUT2D eigenvalue weighted by atomic mass is 32.2. The Morgan fingerprint density at radius 3 is 2.48 bits per heavy atom. The highest BCUT2D eigenvalue weighted by Crippen LogP contribution is 2.39. The molecule has 2 aliphatic heterocycles. The molecule has 2 aliphatic rings. The number of rotatable bonds is 2. The van der Waals surface area contributed by atoms with Crippen molar-refractivity contribution in [2.45, 2.75) is 12.3 Å². The summed E-state index contributed by atoms with van der Waals surface area (Å²) >= 11 is 1.68. The van der Waals surface area contributed by atoms with Gasteiger partial charge in [-0.2, -0.15) is 0 Å². The SMILES string of the molecule is Cc1ccc(C2=[NH+][C@@H]3SC=C(c4ccccc4)[C@H]3C(=O)N2)cc1. The molecule has 2 aromatic rings. The van der Waals surface area contributed by atoms with E-state index < -0.39 is 0 Å². The monoisotopic (exact) mass is 321 g/mol. The predicted octanol–water partition coefficient (Wildman–Crippen LogP) is 1.68. The highest BCUT2D eigenvalue weighted by Gasteiger charge is 2.44. The lowest BCUT2D eigenvalue weighted by Crippen LogP contribution is -2.86. The van der Waals surface area contributed by atoms with E-state index in [1.165, 1.54) is 5.56 Å². The summed E-state index contributed by atoms with van der Waals surface area (Å²) in [6, 6.07) is 18.3. The Morgan fingerprint density at radius 1 is 1.00 bits per heavy atom. The summed E-state index contributed by atoms with van der Waals surface area (Å²) in [6.45, 7) is 2.06. The zero-order valence-electron chi connectivity index (χ0n) is 12.7. The van der Waals surface area contributed by atoms with Crippen LogP contribution in [0.5, 0.6) is 0 Å². The van der Waals surface area contributed by atoms with E-state index >= 15 is 0 Å². The van der Waals surface area contributed by atoms with Gasteiger partial charge in [-0.15, -0.1) is 0 Å². The number of thioether (sulfide) groups is 1. The molecule has 0 aromatic heterocycles. The summed E-state index contributed by atoms with van der Waals surface area (Å²) < 4.78 is 0. The lowest BCUT2D eigenvalue weighted by Gasteiger charge is -2.20. The van der Waals surface area contributed by atoms with E-state index in [9.17, 15) is 4.79 Å². The fourth-order valence-electron chi connectivity index (χ4n) is 2.99. The van der Waals surface area contributed by atoms with Crippen LogP contribution in [0.4, 0.5) is 0 Å². The van der Waals surface area contributed by atoms with E-state index in [4.69, 9.17) is 0 Å². The smallest absolute Gasteiger partial charge is 0.260 e. The second-order valence-electron chi connectivity index (χ2n) is 5.85. The zero-order valence-corrected chi connectivity index (χ0v) is 13.6. The van der Waals surface area contributed by atoms with Crippen molar-refractivity contribution in [2.75, 3.05) is 0 Å². The van der Waals surface area contributed by atoms with Gasteiger partial charge in [0.05, 0.1) is 5.56 Å². The van der Waals surface area contributed by atoms with Crippen molar-refractivity contribution in [3.05, 3.63) is 76.7 Å². The maximum atomic E-state index is 12.7. The van der Waals surface area contributed by atoms with Crippen molar-refractivity contribution >= 4 is 29.1 Å². The molecule has 2 N–H and O–H groups in total. The Labute approximate surface area is 139 Å². The molecule has 23 heavy (non-hydrogen) atoms. The van der Waals surface area contributed by atoms with E-state index in [2.05, 4.69) is 46.9 Å². The first-order chi connectivity index (χ1) is 11.2. The molecule has 4 heteroatoms. The first-order valence-electron chi connectivity index (χ1n) is 7.65. The van der Waals surface area contributed by atoms with Crippen molar-refractivity contribution in [1.29, 1.82) is 0 Å². The fourth-order valence-corrected chi connectivity index (χ4v) is 4.18. The van der Waals surface area contributed by atoms with Crippen molar-refractivity contribution in [2.24, 2.45) is 5.92 Å². The summed E-state index contributed by atoms with van der Waals surface area (Å²) in [6.07, 6.45) is 0. The van der Waals surface area contributed by atoms with Gasteiger partial charge in [-0.25, -0.2) is 10.1 Å². The summed E-state index contributed by atoms with van der Waals surface area (Å²) in [7, 11) is 0. The molecular weight excluding hydrogens is 304 g/mol. The van der Waals surface area contributed by atoms with Gasteiger partial charge < -0.3 is 0 Å². The van der Waals surface area contributed by atoms with Crippen LogP contribution in [0.25, 0.3) is 5.57 Å². The average molecular weight is 321 g/mol. The standard InChI is InChI=1S/C19H16N2OS/c1-12-7-9-14(10-8-12)17-20-18(22)16-15(11-23-19(16)21-17)13-5-3-2-4-6-13/h2-11,16,19H,1H3,(H,20,21,22)/p+1/t16-,19+/m0/s1. The minimum absolute atomic E-state index is 0.0512. The molecule has 0 fully saturated rings. The molecule has 2 atom stereocenters. The molecule has 4 rings (SSSR count). The Morgan fingerprint density at radius 2 is 1.74 bits per heavy atom. The van der Waals surface area contributed by atoms with E-state index in [1.54, 1.807) is 11.8 Å². The normalized spacial score (nSPS) is 22.9. The van der Waals surface area contributed by atoms with Crippen LogP contribution >= 0.6 is 11.8 Å². The van der Waals surface area contributed by atoms with Gasteiger partial charge in [0.25, 0.3) is 5.84 Å². The van der Waals surface area contributed by atoms with Crippen molar-refractivity contribution < 1.29 is 9.79 Å². The number of amides is 1. The Bertz CT molecular complexity index is 809. The minimum atomic E-state index is -0.156. The van der Waals surface area contributed by atoms with E-state index in [-0.39, 0.29) is 17.2 Å². The molecule has 0 bridgehead atoms. The number of hydrogen-bond acceptors (Lipinski definition) is 2. The predicted molar refractivity (Wildman–Crippen MR) is 93.7 cm³/mol. The van der Waals surface area contributed by atoms with Gasteiger partial charge in [0.1, 0.15) is 5.92 Å². The molecule has 1 amide bonds. The number of fused-ring (bicyclic) bond motifs is 1. The van der Waals surface area contributed by atoms with E-state index in [1.807, 2.05) is 30.3 Å². The third kappa shape index (κ3) is 2.59. The van der Waals surface area contributed by atoms with Crippen molar-refractivity contribution in [3.63, 3.8) is 0 Å². The summed E-state index contributed by atoms with van der Waals surface area (Å²) in [4.78, 5) is 16.2. The minimum Gasteiger partial charge on any atom is -0.260 e. The number of carbonyl (C=O) groups excluding carboxylic acids is 1. The Hall–Kier alpha value is -2.33. The number of benzene rings is 2. The van der Waals surface area contributed by atoms with Crippen molar-refractivity contribution in [1.82, 2.24) is 5.32 Å². The topological polar surface area (TPSA) is 43.1 Å². The first kappa shape index (κ1) is 14.3. The van der Waals surface area contributed by atoms with E-state index in [0.29, 0.717) is 0 Å². The second-order valence-corrected chi connectivity index (χ2v) is 6.86. The number of carbonyl (C=O) groups is 1. The molecule has 0 saturated heterocycles. The molecule has 0 unspecified atom stereocenters. The summed E-state index contributed by atoms with van der Waals surface area (Å²) in [5.41, 5.74) is 4.42. The number of aryl methyl sites for hydroxylation is 1. The average Bonchev–Trinajstić information content (AvgIpc) is 3.01. The Kier molecular flexibility index (Phi) is 3.54. The fraction of sp³-hybridized carbons (Fsp3) is 0.158. The molecular formula is C19H17N2OS+. The number of nitrogens with one attached hydrogen (secondary N) is 2. The molecule has 0 aliphatic carbocycles. The van der Waals surface area contributed by atoms with Crippen LogP contribution in [-0.4, -0.2) is 17.1 Å². The lowest BCUT2D eigenvalue weighted by molar-refractivity contribution is -0.481. The maximum Gasteiger partial charge on any atom is 0.320 e. The largest absolute Gasteiger partial charge is 0.320 e. The van der Waals surface area contributed by atoms with Crippen LogP contribution in [0.3, 0.4) is 0 Å². The van der Waals surface area contributed by atoms with Crippen LogP contribution in [0.2, 0.25) is 0 Å². The number of amidine groups is 1. The first-order valence-corrected chi connectivity index (χ1v) is 8.59. The van der Waals surface area contributed by atoms with Crippen LogP contribution in [-0.2, 0) is 4.79 Å². The van der Waals surface area contributed by atoms with Gasteiger partial charge in [-0.05, 0) is 35.6 Å². The lowest BCUT2D eigenvalue weighted by atomic mass is 9.92. The quantitative estimate of drug-likeness (QED) is 0.884.